The summed E-state index contributed by atoms with van der Waals surface area (Å²) in [6, 6.07) is 10.4. The average molecular weight is 325 g/mol. The summed E-state index contributed by atoms with van der Waals surface area (Å²) in [5.41, 5.74) is 7.17. The minimum atomic E-state index is -0.350. The van der Waals surface area contributed by atoms with Crippen molar-refractivity contribution in [2.75, 3.05) is 12.8 Å². The lowest BCUT2D eigenvalue weighted by molar-refractivity contribution is 0.0952. The number of anilines is 1. The van der Waals surface area contributed by atoms with Gasteiger partial charge in [0.05, 0.1) is 17.7 Å². The van der Waals surface area contributed by atoms with Gasteiger partial charge in [-0.05, 0) is 29.8 Å². The predicted octanol–water partition coefficient (Wildman–Crippen LogP) is 3.51. The van der Waals surface area contributed by atoms with Crippen LogP contribution in [0.5, 0.6) is 5.75 Å². The molecule has 0 aliphatic carbocycles. The Kier molecular flexibility index (Phi) is 4.94. The van der Waals surface area contributed by atoms with E-state index in [1.807, 2.05) is 24.3 Å². The van der Waals surface area contributed by atoms with Gasteiger partial charge in [-0.25, -0.2) is 0 Å². The SMILES string of the molecule is COc1cccc(CNC(=O)c2c(N)cc(Cl)cc2Cl)c1. The minimum Gasteiger partial charge on any atom is -0.497 e. The fourth-order valence-corrected chi connectivity index (χ4v) is 2.48. The molecule has 2 rings (SSSR count). The maximum atomic E-state index is 12.2. The minimum absolute atomic E-state index is 0.225. The highest BCUT2D eigenvalue weighted by Crippen LogP contribution is 2.27. The Hall–Kier alpha value is -1.91. The van der Waals surface area contributed by atoms with Gasteiger partial charge in [0.25, 0.3) is 5.91 Å². The van der Waals surface area contributed by atoms with Crippen molar-refractivity contribution in [3.8, 4) is 5.75 Å². The number of hydrogen-bond donors (Lipinski definition) is 2. The number of hydrogen-bond acceptors (Lipinski definition) is 3. The van der Waals surface area contributed by atoms with Gasteiger partial charge in [-0.2, -0.15) is 0 Å². The summed E-state index contributed by atoms with van der Waals surface area (Å²) in [4.78, 5) is 12.2. The number of amides is 1. The summed E-state index contributed by atoms with van der Waals surface area (Å²) in [5.74, 6) is 0.378. The summed E-state index contributed by atoms with van der Waals surface area (Å²) in [6.45, 7) is 0.342. The number of halogens is 2. The van der Waals surface area contributed by atoms with Crippen LogP contribution in [0.1, 0.15) is 15.9 Å². The fourth-order valence-electron chi connectivity index (χ4n) is 1.89. The Morgan fingerprint density at radius 1 is 1.29 bits per heavy atom. The molecule has 0 radical (unpaired) electrons. The van der Waals surface area contributed by atoms with Gasteiger partial charge in [-0.15, -0.1) is 0 Å². The third-order valence-electron chi connectivity index (χ3n) is 2.90. The standard InChI is InChI=1S/C15H14Cl2N2O2/c1-21-11-4-2-3-9(5-11)8-19-15(20)14-12(17)6-10(16)7-13(14)18/h2-7H,8,18H2,1H3,(H,19,20). The number of carbonyl (C=O) groups excluding carboxylic acids is 1. The lowest BCUT2D eigenvalue weighted by Gasteiger charge is -2.10. The van der Waals surface area contributed by atoms with Crippen molar-refractivity contribution < 1.29 is 9.53 Å². The molecule has 4 nitrogen and oxygen atoms in total. The van der Waals surface area contributed by atoms with E-state index in [1.54, 1.807) is 7.11 Å². The Morgan fingerprint density at radius 3 is 2.71 bits per heavy atom. The third kappa shape index (κ3) is 3.80. The Morgan fingerprint density at radius 2 is 2.05 bits per heavy atom. The second-order valence-electron chi connectivity index (χ2n) is 4.39. The lowest BCUT2D eigenvalue weighted by atomic mass is 10.1. The zero-order chi connectivity index (χ0) is 15.4. The van der Waals surface area contributed by atoms with Crippen molar-refractivity contribution in [1.29, 1.82) is 0 Å². The van der Waals surface area contributed by atoms with E-state index in [0.29, 0.717) is 11.6 Å². The number of nitrogens with one attached hydrogen (secondary N) is 1. The van der Waals surface area contributed by atoms with Gasteiger partial charge in [-0.1, -0.05) is 35.3 Å². The molecular formula is C15H14Cl2N2O2. The molecule has 0 fully saturated rings. The van der Waals surface area contributed by atoms with Crippen LogP contribution < -0.4 is 15.8 Å². The molecule has 2 aromatic carbocycles. The van der Waals surface area contributed by atoms with Crippen molar-refractivity contribution >= 4 is 34.8 Å². The van der Waals surface area contributed by atoms with Crippen molar-refractivity contribution in [3.05, 3.63) is 57.6 Å². The maximum absolute atomic E-state index is 12.2. The number of benzene rings is 2. The first kappa shape index (κ1) is 15.5. The van der Waals surface area contributed by atoms with Crippen LogP contribution in [0.3, 0.4) is 0 Å². The fraction of sp³-hybridized carbons (Fsp3) is 0.133. The van der Waals surface area contributed by atoms with Gasteiger partial charge in [-0.3, -0.25) is 4.79 Å². The predicted molar refractivity (Wildman–Crippen MR) is 85.0 cm³/mol. The lowest BCUT2D eigenvalue weighted by Crippen LogP contribution is -2.24. The van der Waals surface area contributed by atoms with E-state index < -0.39 is 0 Å². The molecule has 110 valence electrons. The molecule has 0 aromatic heterocycles. The highest BCUT2D eigenvalue weighted by atomic mass is 35.5. The largest absolute Gasteiger partial charge is 0.497 e. The van der Waals surface area contributed by atoms with E-state index in [-0.39, 0.29) is 22.2 Å². The van der Waals surface area contributed by atoms with E-state index in [4.69, 9.17) is 33.7 Å². The Labute approximate surface area is 132 Å². The van der Waals surface area contributed by atoms with Crippen LogP contribution in [0, 0.1) is 0 Å². The zero-order valence-electron chi connectivity index (χ0n) is 11.3. The van der Waals surface area contributed by atoms with Crippen LogP contribution in [-0.2, 0) is 6.54 Å². The highest BCUT2D eigenvalue weighted by molar-refractivity contribution is 6.37. The van der Waals surface area contributed by atoms with Crippen LogP contribution in [0.4, 0.5) is 5.69 Å². The van der Waals surface area contributed by atoms with Gasteiger partial charge < -0.3 is 15.8 Å². The normalized spacial score (nSPS) is 10.2. The molecule has 0 spiro atoms. The molecule has 6 heteroatoms. The first-order chi connectivity index (χ1) is 10.0. The zero-order valence-corrected chi connectivity index (χ0v) is 12.8. The molecule has 0 saturated heterocycles. The molecule has 3 N–H and O–H groups in total. The maximum Gasteiger partial charge on any atom is 0.255 e. The molecule has 21 heavy (non-hydrogen) atoms. The number of nitrogens with two attached hydrogens (primary N) is 1. The van der Waals surface area contributed by atoms with E-state index in [1.165, 1.54) is 12.1 Å². The average Bonchev–Trinajstić information content (AvgIpc) is 2.44. The van der Waals surface area contributed by atoms with Crippen LogP contribution in [0.15, 0.2) is 36.4 Å². The molecule has 0 heterocycles. The highest BCUT2D eigenvalue weighted by Gasteiger charge is 2.15. The molecule has 0 aliphatic heterocycles. The van der Waals surface area contributed by atoms with Gasteiger partial charge in [0.2, 0.25) is 0 Å². The number of nitrogen functional groups attached to an aromatic ring is 1. The van der Waals surface area contributed by atoms with E-state index in [2.05, 4.69) is 5.32 Å². The van der Waals surface area contributed by atoms with Crippen molar-refractivity contribution in [3.63, 3.8) is 0 Å². The van der Waals surface area contributed by atoms with Crippen LogP contribution in [-0.4, -0.2) is 13.0 Å². The van der Waals surface area contributed by atoms with Gasteiger partial charge in [0.1, 0.15) is 5.75 Å². The first-order valence-corrected chi connectivity index (χ1v) is 6.92. The second kappa shape index (κ2) is 6.70. The second-order valence-corrected chi connectivity index (χ2v) is 5.23. The molecule has 0 atom stereocenters. The number of ether oxygens (including phenoxy) is 1. The van der Waals surface area contributed by atoms with Crippen molar-refractivity contribution in [1.82, 2.24) is 5.32 Å². The molecular weight excluding hydrogens is 311 g/mol. The Balaban J connectivity index is 2.12. The van der Waals surface area contributed by atoms with Crippen LogP contribution in [0.25, 0.3) is 0 Å². The van der Waals surface area contributed by atoms with E-state index in [0.717, 1.165) is 11.3 Å². The molecule has 0 unspecified atom stereocenters. The number of methoxy groups -OCH3 is 1. The quantitative estimate of drug-likeness (QED) is 0.846. The summed E-state index contributed by atoms with van der Waals surface area (Å²) in [5, 5.41) is 3.38. The molecule has 1 amide bonds. The summed E-state index contributed by atoms with van der Waals surface area (Å²) in [6.07, 6.45) is 0. The third-order valence-corrected chi connectivity index (χ3v) is 3.42. The molecule has 0 bridgehead atoms. The molecule has 2 aromatic rings. The Bertz CT molecular complexity index is 651. The first-order valence-electron chi connectivity index (χ1n) is 6.17. The number of rotatable bonds is 4. The smallest absolute Gasteiger partial charge is 0.255 e. The number of carbonyl (C=O) groups is 1. The van der Waals surface area contributed by atoms with E-state index >= 15 is 0 Å². The topological polar surface area (TPSA) is 64.3 Å². The van der Waals surface area contributed by atoms with Crippen molar-refractivity contribution in [2.45, 2.75) is 6.54 Å². The molecule has 0 aliphatic rings. The molecule has 0 saturated carbocycles. The summed E-state index contributed by atoms with van der Waals surface area (Å²) < 4.78 is 5.13. The summed E-state index contributed by atoms with van der Waals surface area (Å²) >= 11 is 11.8. The van der Waals surface area contributed by atoms with Crippen LogP contribution in [0.2, 0.25) is 10.0 Å². The van der Waals surface area contributed by atoms with E-state index in [9.17, 15) is 4.79 Å². The van der Waals surface area contributed by atoms with Gasteiger partial charge >= 0.3 is 0 Å². The van der Waals surface area contributed by atoms with Gasteiger partial charge in [0.15, 0.2) is 0 Å². The van der Waals surface area contributed by atoms with Gasteiger partial charge in [0, 0.05) is 17.3 Å². The monoisotopic (exact) mass is 324 g/mol. The summed E-state index contributed by atoms with van der Waals surface area (Å²) in [7, 11) is 1.59. The van der Waals surface area contributed by atoms with Crippen LogP contribution >= 0.6 is 23.2 Å². The van der Waals surface area contributed by atoms with Crippen molar-refractivity contribution in [2.24, 2.45) is 0 Å².